The Labute approximate surface area is 211 Å². The van der Waals surface area contributed by atoms with Crippen molar-refractivity contribution in [2.24, 2.45) is 5.92 Å². The molecule has 0 spiro atoms. The van der Waals surface area contributed by atoms with E-state index in [4.69, 9.17) is 10.2 Å². The highest BCUT2D eigenvalue weighted by molar-refractivity contribution is 5.72. The van der Waals surface area contributed by atoms with Gasteiger partial charge in [-0.05, 0) is 68.5 Å². The summed E-state index contributed by atoms with van der Waals surface area (Å²) in [6.07, 6.45) is 6.04. The molecule has 7 heteroatoms. The van der Waals surface area contributed by atoms with Crippen molar-refractivity contribution in [3.63, 3.8) is 0 Å². The molecule has 7 nitrogen and oxygen atoms in total. The van der Waals surface area contributed by atoms with E-state index in [0.29, 0.717) is 12.1 Å². The monoisotopic (exact) mass is 478 g/mol. The molecule has 4 aromatic rings. The summed E-state index contributed by atoms with van der Waals surface area (Å²) in [6, 6.07) is 18.7. The molecule has 182 valence electrons. The van der Waals surface area contributed by atoms with E-state index in [0.717, 1.165) is 53.7 Å². The summed E-state index contributed by atoms with van der Waals surface area (Å²) < 4.78 is 4.42. The number of nitrogens with zero attached hydrogens (tertiary/aromatic N) is 6. The molecule has 2 aliphatic rings. The van der Waals surface area contributed by atoms with Crippen LogP contribution in [0.5, 0.6) is 0 Å². The third-order valence-electron chi connectivity index (χ3n) is 7.56. The topological polar surface area (TPSA) is 73.2 Å². The quantitative estimate of drug-likeness (QED) is 0.423. The van der Waals surface area contributed by atoms with Crippen LogP contribution in [-0.4, -0.2) is 63.5 Å². The first-order valence-electron chi connectivity index (χ1n) is 12.3. The van der Waals surface area contributed by atoms with E-state index < -0.39 is 5.60 Å². The number of rotatable bonds is 4. The average Bonchev–Trinajstić information content (AvgIpc) is 3.55. The Bertz CT molecular complexity index is 1470. The second-order valence-electron chi connectivity index (χ2n) is 10.6. The lowest BCUT2D eigenvalue weighted by Crippen LogP contribution is -2.39. The maximum Gasteiger partial charge on any atom is 0.161 e. The van der Waals surface area contributed by atoms with Gasteiger partial charge in [0.2, 0.25) is 0 Å². The van der Waals surface area contributed by atoms with E-state index in [2.05, 4.69) is 69.6 Å². The molecule has 0 saturated carbocycles. The lowest BCUT2D eigenvalue weighted by atomic mass is 9.93. The minimum atomic E-state index is -0.724. The van der Waals surface area contributed by atoms with Crippen LogP contribution in [-0.2, 0) is 6.54 Å². The lowest BCUT2D eigenvalue weighted by Gasteiger charge is -2.26. The van der Waals surface area contributed by atoms with Crippen LogP contribution in [0.3, 0.4) is 0 Å². The number of hydrogen-bond acceptors (Lipinski definition) is 5. The highest BCUT2D eigenvalue weighted by Crippen LogP contribution is 2.37. The van der Waals surface area contributed by atoms with Gasteiger partial charge in [-0.25, -0.2) is 4.98 Å². The van der Waals surface area contributed by atoms with Crippen molar-refractivity contribution >= 4 is 5.69 Å². The van der Waals surface area contributed by atoms with Crippen molar-refractivity contribution in [3.8, 4) is 34.4 Å². The molecule has 1 saturated heterocycles. The number of anilines is 1. The molecule has 0 aliphatic carbocycles. The van der Waals surface area contributed by atoms with Crippen molar-refractivity contribution in [2.75, 3.05) is 38.6 Å². The molecule has 1 fully saturated rings. The summed E-state index contributed by atoms with van der Waals surface area (Å²) in [6.45, 7) is 5.00. The molecule has 2 aliphatic heterocycles. The highest BCUT2D eigenvalue weighted by Gasteiger charge is 2.41. The zero-order valence-corrected chi connectivity index (χ0v) is 20.9. The predicted octanol–water partition coefficient (Wildman–Crippen LogP) is 3.99. The van der Waals surface area contributed by atoms with Gasteiger partial charge in [-0.2, -0.15) is 5.26 Å². The highest BCUT2D eigenvalue weighted by atomic mass is 16.3. The number of aromatic nitrogens is 3. The standard InChI is InChI=1S/C29H30N6O/c1-29(36)19-34(18-24(29)17-32(2)3)25-8-9-26-23(12-25)16-33-15-22(21-6-4-20(14-30)5-7-21)13-27(33)28-31-10-11-35(26)28/h4-13,15,24,36H,16-19H2,1-3H3/t24-,29+/m1/s1. The summed E-state index contributed by atoms with van der Waals surface area (Å²) in [5, 5.41) is 20.2. The van der Waals surface area contributed by atoms with Gasteiger partial charge in [-0.1, -0.05) is 12.1 Å². The molecule has 2 atom stereocenters. The fraction of sp³-hybridized carbons (Fsp3) is 0.310. The minimum Gasteiger partial charge on any atom is -0.388 e. The maximum atomic E-state index is 11.1. The van der Waals surface area contributed by atoms with Gasteiger partial charge in [0.05, 0.1) is 28.6 Å². The van der Waals surface area contributed by atoms with E-state index in [-0.39, 0.29) is 5.92 Å². The third-order valence-corrected chi connectivity index (χ3v) is 7.56. The van der Waals surface area contributed by atoms with Crippen LogP contribution in [0.25, 0.3) is 28.3 Å². The molecule has 1 N–H and O–H groups in total. The number of fused-ring (bicyclic) bond motifs is 5. The van der Waals surface area contributed by atoms with Gasteiger partial charge in [-0.3, -0.25) is 4.57 Å². The van der Waals surface area contributed by atoms with E-state index >= 15 is 0 Å². The Hall–Kier alpha value is -3.86. The molecule has 6 rings (SSSR count). The summed E-state index contributed by atoms with van der Waals surface area (Å²) in [4.78, 5) is 9.16. The third kappa shape index (κ3) is 3.79. The first-order chi connectivity index (χ1) is 17.3. The molecule has 0 unspecified atom stereocenters. The van der Waals surface area contributed by atoms with Crippen LogP contribution in [0.2, 0.25) is 0 Å². The fourth-order valence-corrected chi connectivity index (χ4v) is 5.66. The molecule has 0 radical (unpaired) electrons. The fourth-order valence-electron chi connectivity index (χ4n) is 5.66. The Kier molecular flexibility index (Phi) is 5.25. The summed E-state index contributed by atoms with van der Waals surface area (Å²) in [5.41, 5.74) is 6.66. The molecular weight excluding hydrogens is 448 g/mol. The Morgan fingerprint density at radius 1 is 1.14 bits per heavy atom. The molecule has 2 aromatic heterocycles. The SMILES string of the molecule is CN(C)C[C@@H]1CN(c2ccc3c(c2)Cn2cc(-c4ccc(C#N)cc4)cc2-c2nccn2-3)C[C@]1(C)O. The maximum absolute atomic E-state index is 11.1. The van der Waals surface area contributed by atoms with E-state index in [1.807, 2.05) is 43.6 Å². The first kappa shape index (κ1) is 22.6. The number of aliphatic hydroxyl groups is 1. The number of hydrogen-bond donors (Lipinski definition) is 1. The largest absolute Gasteiger partial charge is 0.388 e. The average molecular weight is 479 g/mol. The first-order valence-corrected chi connectivity index (χ1v) is 12.3. The van der Waals surface area contributed by atoms with Gasteiger partial charge in [0.15, 0.2) is 5.82 Å². The van der Waals surface area contributed by atoms with Crippen molar-refractivity contribution in [1.82, 2.24) is 19.0 Å². The zero-order chi connectivity index (χ0) is 25.0. The van der Waals surface area contributed by atoms with Crippen molar-refractivity contribution in [1.29, 1.82) is 5.26 Å². The molecule has 4 heterocycles. The molecule has 0 bridgehead atoms. The molecule has 2 aromatic carbocycles. The van der Waals surface area contributed by atoms with Crippen LogP contribution in [0.1, 0.15) is 18.1 Å². The molecule has 36 heavy (non-hydrogen) atoms. The van der Waals surface area contributed by atoms with Crippen molar-refractivity contribution in [2.45, 2.75) is 19.1 Å². The van der Waals surface area contributed by atoms with Crippen LogP contribution < -0.4 is 4.90 Å². The second kappa shape index (κ2) is 8.37. The Balaban J connectivity index is 1.37. The van der Waals surface area contributed by atoms with Gasteiger partial charge in [0.1, 0.15) is 0 Å². The normalized spacial score (nSPS) is 20.6. The number of imidazole rings is 1. The Morgan fingerprint density at radius 2 is 1.94 bits per heavy atom. The van der Waals surface area contributed by atoms with Crippen molar-refractivity contribution in [3.05, 3.63) is 78.2 Å². The van der Waals surface area contributed by atoms with Crippen LogP contribution >= 0.6 is 0 Å². The lowest BCUT2D eigenvalue weighted by molar-refractivity contribution is 0.0270. The van der Waals surface area contributed by atoms with Gasteiger partial charge in [-0.15, -0.1) is 0 Å². The summed E-state index contributed by atoms with van der Waals surface area (Å²) in [5.74, 6) is 1.11. The van der Waals surface area contributed by atoms with E-state index in [1.54, 1.807) is 0 Å². The van der Waals surface area contributed by atoms with Gasteiger partial charge in [0, 0.05) is 61.9 Å². The Morgan fingerprint density at radius 3 is 2.69 bits per heavy atom. The minimum absolute atomic E-state index is 0.192. The summed E-state index contributed by atoms with van der Waals surface area (Å²) in [7, 11) is 4.12. The van der Waals surface area contributed by atoms with Gasteiger partial charge < -0.3 is 19.5 Å². The summed E-state index contributed by atoms with van der Waals surface area (Å²) >= 11 is 0. The van der Waals surface area contributed by atoms with Crippen LogP contribution in [0, 0.1) is 17.2 Å². The molecular formula is C29H30N6O. The van der Waals surface area contributed by atoms with Gasteiger partial charge >= 0.3 is 0 Å². The zero-order valence-electron chi connectivity index (χ0n) is 20.9. The van der Waals surface area contributed by atoms with Crippen LogP contribution in [0.15, 0.2) is 67.1 Å². The van der Waals surface area contributed by atoms with E-state index in [9.17, 15) is 5.11 Å². The van der Waals surface area contributed by atoms with E-state index in [1.165, 1.54) is 5.56 Å². The number of β-amino-alcohol motifs (C(OH)–C–C–N with tert-alkyl or cyclic N) is 1. The van der Waals surface area contributed by atoms with Crippen molar-refractivity contribution < 1.29 is 5.11 Å². The van der Waals surface area contributed by atoms with Crippen LogP contribution in [0.4, 0.5) is 5.69 Å². The van der Waals surface area contributed by atoms with Gasteiger partial charge in [0.25, 0.3) is 0 Å². The number of benzene rings is 2. The second-order valence-corrected chi connectivity index (χ2v) is 10.6. The predicted molar refractivity (Wildman–Crippen MR) is 141 cm³/mol. The smallest absolute Gasteiger partial charge is 0.161 e. The molecule has 0 amide bonds. The number of nitriles is 1.